The Bertz CT molecular complexity index is 1120. The standard InChI is InChI=1S/C20H18Br3N3O3/c1-9(2)16-13(22)6-10(3)17(23)19(16)29-8-15(27)25-26-18-12-7-11(21)4-5-14(12)24-20(18)28/h4-7,9,24,28H,8H2,1-3H3. The molecule has 1 heterocycles. The Kier molecular flexibility index (Phi) is 6.80. The Morgan fingerprint density at radius 3 is 2.66 bits per heavy atom. The molecule has 0 aliphatic rings. The molecule has 1 amide bonds. The van der Waals surface area contributed by atoms with Gasteiger partial charge in [0.25, 0.3) is 0 Å². The van der Waals surface area contributed by atoms with Crippen LogP contribution < -0.4 is 4.74 Å². The molecular formula is C20H18Br3N3O3. The van der Waals surface area contributed by atoms with Crippen LogP contribution in [0.4, 0.5) is 5.69 Å². The van der Waals surface area contributed by atoms with Crippen molar-refractivity contribution in [2.24, 2.45) is 10.2 Å². The van der Waals surface area contributed by atoms with Crippen molar-refractivity contribution in [2.75, 3.05) is 6.61 Å². The Morgan fingerprint density at radius 1 is 1.24 bits per heavy atom. The molecule has 2 N–H and O–H groups in total. The third kappa shape index (κ3) is 4.73. The second-order valence-electron chi connectivity index (χ2n) is 6.78. The van der Waals surface area contributed by atoms with Crippen molar-refractivity contribution in [3.8, 4) is 11.6 Å². The second kappa shape index (κ2) is 8.97. The van der Waals surface area contributed by atoms with E-state index in [4.69, 9.17) is 4.74 Å². The number of carbonyl (C=O) groups is 1. The molecule has 1 aromatic heterocycles. The molecule has 0 spiro atoms. The summed E-state index contributed by atoms with van der Waals surface area (Å²) >= 11 is 10.5. The predicted molar refractivity (Wildman–Crippen MR) is 123 cm³/mol. The minimum Gasteiger partial charge on any atom is -0.493 e. The van der Waals surface area contributed by atoms with Crippen LogP contribution in [0.25, 0.3) is 10.9 Å². The number of aryl methyl sites for hydroxylation is 1. The number of benzene rings is 2. The van der Waals surface area contributed by atoms with Gasteiger partial charge >= 0.3 is 5.91 Å². The fraction of sp³-hybridized carbons (Fsp3) is 0.250. The normalized spacial score (nSPS) is 11.7. The quantitative estimate of drug-likeness (QED) is 0.307. The molecule has 0 fully saturated rings. The minimum absolute atomic E-state index is 0.150. The van der Waals surface area contributed by atoms with Gasteiger partial charge in [-0.2, -0.15) is 0 Å². The number of aromatic hydroxyl groups is 1. The van der Waals surface area contributed by atoms with Gasteiger partial charge in [-0.15, -0.1) is 10.2 Å². The van der Waals surface area contributed by atoms with E-state index in [0.29, 0.717) is 16.7 Å². The van der Waals surface area contributed by atoms with Crippen LogP contribution in [-0.2, 0) is 4.79 Å². The molecule has 0 aliphatic heterocycles. The Hall–Kier alpha value is -1.71. The number of hydrogen-bond acceptors (Lipinski definition) is 4. The van der Waals surface area contributed by atoms with Gasteiger partial charge in [0.1, 0.15) is 5.75 Å². The molecule has 29 heavy (non-hydrogen) atoms. The van der Waals surface area contributed by atoms with Gasteiger partial charge in [-0.05, 0) is 58.6 Å². The zero-order valence-corrected chi connectivity index (χ0v) is 20.6. The fourth-order valence-corrected chi connectivity index (χ4v) is 4.71. The maximum absolute atomic E-state index is 12.3. The number of ether oxygens (including phenoxy) is 1. The second-order valence-corrected chi connectivity index (χ2v) is 9.34. The van der Waals surface area contributed by atoms with Gasteiger partial charge in [-0.1, -0.05) is 45.7 Å². The molecular weight excluding hydrogens is 570 g/mol. The van der Waals surface area contributed by atoms with E-state index >= 15 is 0 Å². The summed E-state index contributed by atoms with van der Waals surface area (Å²) in [6.07, 6.45) is 0. The van der Waals surface area contributed by atoms with E-state index in [1.165, 1.54) is 0 Å². The molecule has 0 radical (unpaired) electrons. The summed E-state index contributed by atoms with van der Waals surface area (Å²) in [5.74, 6) is 0.0833. The average Bonchev–Trinajstić information content (AvgIpc) is 2.95. The lowest BCUT2D eigenvalue weighted by Crippen LogP contribution is -2.11. The zero-order valence-electron chi connectivity index (χ0n) is 15.9. The number of nitrogens with one attached hydrogen (secondary N) is 1. The molecule has 0 saturated heterocycles. The lowest BCUT2D eigenvalue weighted by molar-refractivity contribution is -0.120. The molecule has 3 rings (SSSR count). The molecule has 0 atom stereocenters. The summed E-state index contributed by atoms with van der Waals surface area (Å²) in [7, 11) is 0. The number of amides is 1. The maximum atomic E-state index is 12.3. The number of rotatable bonds is 5. The third-order valence-electron chi connectivity index (χ3n) is 4.28. The molecule has 0 saturated carbocycles. The molecule has 152 valence electrons. The molecule has 2 aromatic carbocycles. The molecule has 0 bridgehead atoms. The molecule has 0 unspecified atom stereocenters. The lowest BCUT2D eigenvalue weighted by Gasteiger charge is -2.18. The highest BCUT2D eigenvalue weighted by molar-refractivity contribution is 9.11. The van der Waals surface area contributed by atoms with Crippen LogP contribution in [0.15, 0.2) is 47.9 Å². The number of fused-ring (bicyclic) bond motifs is 1. The van der Waals surface area contributed by atoms with E-state index in [0.717, 1.165) is 24.5 Å². The topological polar surface area (TPSA) is 87.0 Å². The number of nitrogens with zero attached hydrogens (tertiary/aromatic N) is 2. The highest BCUT2D eigenvalue weighted by Crippen LogP contribution is 2.41. The number of halogens is 3. The Balaban J connectivity index is 1.81. The number of azo groups is 1. The van der Waals surface area contributed by atoms with E-state index in [-0.39, 0.29) is 24.1 Å². The van der Waals surface area contributed by atoms with Crippen molar-refractivity contribution in [1.82, 2.24) is 4.98 Å². The average molecular weight is 588 g/mol. The SMILES string of the molecule is Cc1cc(Br)c(C(C)C)c(OCC(=O)N=Nc2c(O)[nH]c3ccc(Br)cc23)c1Br. The third-order valence-corrected chi connectivity index (χ3v) is 6.42. The summed E-state index contributed by atoms with van der Waals surface area (Å²) in [4.78, 5) is 15.1. The Morgan fingerprint density at radius 2 is 1.97 bits per heavy atom. The van der Waals surface area contributed by atoms with Crippen LogP contribution >= 0.6 is 47.8 Å². The van der Waals surface area contributed by atoms with Gasteiger partial charge in [-0.3, -0.25) is 4.79 Å². The molecule has 0 aliphatic carbocycles. The predicted octanol–water partition coefficient (Wildman–Crippen LogP) is 7.28. The van der Waals surface area contributed by atoms with Crippen molar-refractivity contribution in [3.05, 3.63) is 48.8 Å². The van der Waals surface area contributed by atoms with E-state index in [2.05, 4.69) is 63.0 Å². The fourth-order valence-electron chi connectivity index (χ4n) is 2.92. The summed E-state index contributed by atoms with van der Waals surface area (Å²) in [6, 6.07) is 7.43. The van der Waals surface area contributed by atoms with E-state index in [1.807, 2.05) is 32.9 Å². The summed E-state index contributed by atoms with van der Waals surface area (Å²) in [5.41, 5.74) is 2.85. The van der Waals surface area contributed by atoms with Crippen molar-refractivity contribution in [2.45, 2.75) is 26.7 Å². The van der Waals surface area contributed by atoms with Crippen molar-refractivity contribution < 1.29 is 14.6 Å². The van der Waals surface area contributed by atoms with Crippen molar-refractivity contribution in [3.63, 3.8) is 0 Å². The maximum Gasteiger partial charge on any atom is 0.302 e. The highest BCUT2D eigenvalue weighted by Gasteiger charge is 2.19. The van der Waals surface area contributed by atoms with Gasteiger partial charge in [0.2, 0.25) is 5.88 Å². The van der Waals surface area contributed by atoms with E-state index in [1.54, 1.807) is 12.1 Å². The highest BCUT2D eigenvalue weighted by atomic mass is 79.9. The first-order chi connectivity index (χ1) is 13.7. The van der Waals surface area contributed by atoms with Crippen LogP contribution in [0.2, 0.25) is 0 Å². The van der Waals surface area contributed by atoms with Gasteiger partial charge in [0.15, 0.2) is 12.3 Å². The van der Waals surface area contributed by atoms with E-state index < -0.39 is 5.91 Å². The van der Waals surface area contributed by atoms with Crippen LogP contribution in [0, 0.1) is 6.92 Å². The summed E-state index contributed by atoms with van der Waals surface area (Å²) < 4.78 is 8.35. The van der Waals surface area contributed by atoms with Crippen molar-refractivity contribution in [1.29, 1.82) is 0 Å². The minimum atomic E-state index is -0.562. The van der Waals surface area contributed by atoms with Crippen LogP contribution in [0.3, 0.4) is 0 Å². The lowest BCUT2D eigenvalue weighted by atomic mass is 10.0. The van der Waals surface area contributed by atoms with Gasteiger partial charge in [-0.25, -0.2) is 0 Å². The van der Waals surface area contributed by atoms with Crippen LogP contribution in [0.5, 0.6) is 11.6 Å². The van der Waals surface area contributed by atoms with Crippen molar-refractivity contribution >= 4 is 70.3 Å². The first-order valence-corrected chi connectivity index (χ1v) is 11.1. The number of H-pyrrole nitrogens is 1. The number of aromatic amines is 1. The van der Waals surface area contributed by atoms with Gasteiger partial charge < -0.3 is 14.8 Å². The smallest absolute Gasteiger partial charge is 0.302 e. The van der Waals surface area contributed by atoms with Crippen LogP contribution in [0.1, 0.15) is 30.9 Å². The van der Waals surface area contributed by atoms with Gasteiger partial charge in [0.05, 0.1) is 9.99 Å². The summed E-state index contributed by atoms with van der Waals surface area (Å²) in [6.45, 7) is 5.78. The monoisotopic (exact) mass is 585 g/mol. The van der Waals surface area contributed by atoms with E-state index in [9.17, 15) is 9.90 Å². The first kappa shape index (κ1) is 22.0. The largest absolute Gasteiger partial charge is 0.493 e. The van der Waals surface area contributed by atoms with Crippen LogP contribution in [-0.4, -0.2) is 22.6 Å². The Labute approximate surface area is 193 Å². The molecule has 6 nitrogen and oxygen atoms in total. The molecule has 9 heteroatoms. The molecule has 3 aromatic rings. The van der Waals surface area contributed by atoms with Gasteiger partial charge in [0, 0.05) is 19.9 Å². The summed E-state index contributed by atoms with van der Waals surface area (Å²) in [5, 5.41) is 18.4. The number of aromatic nitrogens is 1. The number of carbonyl (C=O) groups excluding carboxylic acids is 1. The first-order valence-electron chi connectivity index (χ1n) is 8.75. The number of hydrogen-bond donors (Lipinski definition) is 2. The zero-order chi connectivity index (χ0) is 21.3.